The lowest BCUT2D eigenvalue weighted by Gasteiger charge is -2.26. The van der Waals surface area contributed by atoms with Crippen LogP contribution in [0.1, 0.15) is 0 Å². The molecule has 4 nitrogen and oxygen atoms in total. The Hall–Kier alpha value is -7.78. The highest BCUT2D eigenvalue weighted by molar-refractivity contribution is 8.25. The average Bonchev–Trinajstić information content (AvgIpc) is 3.82. The van der Waals surface area contributed by atoms with E-state index in [1.807, 2.05) is 72.8 Å². The van der Waals surface area contributed by atoms with E-state index in [2.05, 4.69) is 174 Å². The topological polar surface area (TPSA) is 47.3 Å². The Kier molecular flexibility index (Phi) is 9.89. The van der Waals surface area contributed by atoms with Crippen molar-refractivity contribution in [1.82, 2.24) is 14.4 Å². The lowest BCUT2D eigenvalue weighted by molar-refractivity contribution is 0.592. The minimum Gasteiger partial charge on any atom is -0.309 e. The molecule has 0 atom stereocenters. The molecule has 0 aliphatic rings. The van der Waals surface area contributed by atoms with E-state index < -0.39 is 13.2 Å². The largest absolute Gasteiger partial charge is 0.309 e. The lowest BCUT2D eigenvalue weighted by atomic mass is 9.97. The molecule has 7 heteroatoms. The van der Waals surface area contributed by atoms with Gasteiger partial charge in [0.05, 0.1) is 22.2 Å². The van der Waals surface area contributed by atoms with Crippen LogP contribution in [0.4, 0.5) is 0 Å². The summed E-state index contributed by atoms with van der Waals surface area (Å²) >= 11 is 6.89. The molecule has 0 radical (unpaired) electrons. The van der Waals surface area contributed by atoms with Gasteiger partial charge in [0.25, 0.3) is 0 Å². The summed E-state index contributed by atoms with van der Waals surface area (Å²) in [5.41, 5.74) is 8.07. The average molecular weight is 938 g/mol. The second-order valence-electron chi connectivity index (χ2n) is 17.6. The van der Waals surface area contributed by atoms with Crippen molar-refractivity contribution in [3.05, 3.63) is 249 Å². The first kappa shape index (κ1) is 41.4. The van der Waals surface area contributed by atoms with Crippen LogP contribution < -0.4 is 31.8 Å². The Morgan fingerprint density at radius 2 is 0.986 bits per heavy atom. The number of benzene rings is 10. The van der Waals surface area contributed by atoms with Crippen molar-refractivity contribution in [2.24, 2.45) is 0 Å². The SMILES string of the molecule is O=P(c1ccccc1)(c1ccccc1)c1ccc(-c2ccc3c(ccc4c5ccccc5c5nc6ccc(-c7ccc(P(=S)(c8ccccc8)c8ccccc8)c8ccccc78)cc6n5c34)c2)nc1. The molecule has 0 aliphatic heterocycles. The molecule has 0 amide bonds. The number of rotatable bonds is 8. The first-order chi connectivity index (χ1) is 34.0. The monoisotopic (exact) mass is 937 g/mol. The van der Waals surface area contributed by atoms with Crippen molar-refractivity contribution >= 4 is 117 Å². The van der Waals surface area contributed by atoms with Crippen molar-refractivity contribution in [1.29, 1.82) is 0 Å². The zero-order valence-electron chi connectivity index (χ0n) is 37.2. The summed E-state index contributed by atoms with van der Waals surface area (Å²) in [6.07, 6.45) is 1.80. The fraction of sp³-hybridized carbons (Fsp3) is 0. The Labute approximate surface area is 404 Å². The quantitative estimate of drug-likeness (QED) is 0.112. The Morgan fingerprint density at radius 1 is 0.420 bits per heavy atom. The van der Waals surface area contributed by atoms with Crippen molar-refractivity contribution < 1.29 is 4.57 Å². The van der Waals surface area contributed by atoms with Gasteiger partial charge >= 0.3 is 0 Å². The van der Waals surface area contributed by atoms with Crippen LogP contribution in [0.5, 0.6) is 0 Å². The van der Waals surface area contributed by atoms with Crippen LogP contribution in [0.3, 0.4) is 0 Å². The second-order valence-corrected chi connectivity index (χ2v) is 24.7. The van der Waals surface area contributed by atoms with Gasteiger partial charge in [0.15, 0.2) is 7.14 Å². The van der Waals surface area contributed by atoms with Gasteiger partial charge in [0, 0.05) is 55.2 Å². The van der Waals surface area contributed by atoms with Crippen LogP contribution in [0.25, 0.3) is 82.3 Å². The molecule has 69 heavy (non-hydrogen) atoms. The van der Waals surface area contributed by atoms with Crippen LogP contribution in [-0.2, 0) is 16.4 Å². The van der Waals surface area contributed by atoms with Gasteiger partial charge in [-0.3, -0.25) is 9.38 Å². The van der Waals surface area contributed by atoms with Crippen LogP contribution in [0.15, 0.2) is 249 Å². The number of nitrogens with zero attached hydrogens (tertiary/aromatic N) is 3. The lowest BCUT2D eigenvalue weighted by Crippen LogP contribution is -2.25. The standard InChI is InChI=1S/C62H41N3OP2S/c66-67(45-17-5-1-6-18-45,46-19-7-2-8-20-46)49-32-37-57(63-41-49)44-30-33-51-42(39-44)29-34-55-53-26-14-16-28-56(53)62-64-58-36-31-43(40-59(58)65(62)61(51)55)50-35-38-60(54-27-15-13-25-52(50)54)68(69,47-21-9-3-10-22-47)48-23-11-4-12-24-48/h1-41H. The molecular weight excluding hydrogens is 897 g/mol. The highest BCUT2D eigenvalue weighted by Gasteiger charge is 2.31. The van der Waals surface area contributed by atoms with Crippen LogP contribution in [0.2, 0.25) is 0 Å². The zero-order chi connectivity index (χ0) is 46.1. The number of hydrogen-bond acceptors (Lipinski definition) is 4. The number of imidazole rings is 1. The summed E-state index contributed by atoms with van der Waals surface area (Å²) in [5, 5.41) is 13.8. The van der Waals surface area contributed by atoms with Crippen molar-refractivity contribution in [2.75, 3.05) is 0 Å². The van der Waals surface area contributed by atoms with Gasteiger partial charge in [-0.1, -0.05) is 224 Å². The molecule has 326 valence electrons. The summed E-state index contributed by atoms with van der Waals surface area (Å²) in [6, 6.07) is 82.1. The predicted octanol–water partition coefficient (Wildman–Crippen LogP) is 13.2. The summed E-state index contributed by atoms with van der Waals surface area (Å²) < 4.78 is 17.5. The van der Waals surface area contributed by atoms with E-state index in [1.165, 1.54) is 26.7 Å². The summed E-state index contributed by atoms with van der Waals surface area (Å²) in [4.78, 5) is 10.3. The maximum Gasteiger partial charge on any atom is 0.172 e. The van der Waals surface area contributed by atoms with E-state index in [-0.39, 0.29) is 0 Å². The molecule has 0 aliphatic carbocycles. The Bertz CT molecular complexity index is 4150. The zero-order valence-corrected chi connectivity index (χ0v) is 39.8. The first-order valence-corrected chi connectivity index (χ1v) is 27.6. The number of fused-ring (bicyclic) bond motifs is 11. The van der Waals surface area contributed by atoms with Crippen molar-refractivity contribution in [2.45, 2.75) is 0 Å². The molecule has 0 fully saturated rings. The van der Waals surface area contributed by atoms with Gasteiger partial charge in [-0.25, -0.2) is 4.98 Å². The normalized spacial score (nSPS) is 12.2. The second kappa shape index (κ2) is 16.5. The molecule has 3 heterocycles. The molecule has 3 aromatic heterocycles. The molecular formula is C62H41N3OP2S. The van der Waals surface area contributed by atoms with Gasteiger partial charge in [0.2, 0.25) is 0 Å². The molecule has 10 aromatic carbocycles. The van der Waals surface area contributed by atoms with Gasteiger partial charge in [-0.15, -0.1) is 0 Å². The maximum atomic E-state index is 15.1. The smallest absolute Gasteiger partial charge is 0.172 e. The molecule has 0 bridgehead atoms. The molecule has 0 unspecified atom stereocenters. The van der Waals surface area contributed by atoms with E-state index in [1.54, 1.807) is 6.20 Å². The molecule has 13 rings (SSSR count). The number of aromatic nitrogens is 3. The fourth-order valence-corrected chi connectivity index (χ4v) is 17.1. The molecule has 13 aromatic rings. The highest BCUT2D eigenvalue weighted by Crippen LogP contribution is 2.47. The Balaban J connectivity index is 0.971. The van der Waals surface area contributed by atoms with Crippen LogP contribution >= 0.6 is 13.2 Å². The first-order valence-electron chi connectivity index (χ1n) is 23.1. The summed E-state index contributed by atoms with van der Waals surface area (Å²) in [5.74, 6) is 0. The van der Waals surface area contributed by atoms with Gasteiger partial charge in [0.1, 0.15) is 5.65 Å². The molecule has 0 spiro atoms. The van der Waals surface area contributed by atoms with Crippen molar-refractivity contribution in [3.63, 3.8) is 0 Å². The maximum absolute atomic E-state index is 15.1. The molecule has 0 N–H and O–H groups in total. The molecule has 0 saturated heterocycles. The van der Waals surface area contributed by atoms with Crippen LogP contribution in [-0.4, -0.2) is 14.4 Å². The van der Waals surface area contributed by atoms with E-state index in [0.717, 1.165) is 82.1 Å². The minimum absolute atomic E-state index is 0.703. The Morgan fingerprint density at radius 3 is 1.62 bits per heavy atom. The van der Waals surface area contributed by atoms with Crippen molar-refractivity contribution in [3.8, 4) is 22.4 Å². The van der Waals surface area contributed by atoms with E-state index in [0.29, 0.717) is 5.30 Å². The molecule has 0 saturated carbocycles. The van der Waals surface area contributed by atoms with Gasteiger partial charge in [-0.2, -0.15) is 0 Å². The number of hydrogen-bond donors (Lipinski definition) is 0. The third-order valence-electron chi connectivity index (χ3n) is 13.8. The fourth-order valence-electron chi connectivity index (χ4n) is 10.5. The minimum atomic E-state index is -3.15. The third kappa shape index (κ3) is 6.57. The van der Waals surface area contributed by atoms with E-state index in [4.69, 9.17) is 21.8 Å². The highest BCUT2D eigenvalue weighted by atomic mass is 32.4. The number of pyridine rings is 2. The van der Waals surface area contributed by atoms with E-state index in [9.17, 15) is 0 Å². The predicted molar refractivity (Wildman–Crippen MR) is 297 cm³/mol. The third-order valence-corrected chi connectivity index (χ3v) is 21.8. The summed E-state index contributed by atoms with van der Waals surface area (Å²) in [6.45, 7) is 0. The summed E-state index contributed by atoms with van der Waals surface area (Å²) in [7, 11) is -3.15. The van der Waals surface area contributed by atoms with Gasteiger partial charge in [-0.05, 0) is 73.6 Å². The van der Waals surface area contributed by atoms with E-state index >= 15 is 4.57 Å². The van der Waals surface area contributed by atoms with Crippen LogP contribution in [0, 0.1) is 0 Å². The van der Waals surface area contributed by atoms with Gasteiger partial charge < -0.3 is 4.57 Å².